The van der Waals surface area contributed by atoms with Gasteiger partial charge in [-0.3, -0.25) is 4.79 Å². The minimum absolute atomic E-state index is 0.160. The number of hydrogen-bond donors (Lipinski definition) is 3. The fourth-order valence-corrected chi connectivity index (χ4v) is 1.96. The van der Waals surface area contributed by atoms with E-state index in [1.807, 2.05) is 0 Å². The van der Waals surface area contributed by atoms with Gasteiger partial charge in [0.1, 0.15) is 10.8 Å². The summed E-state index contributed by atoms with van der Waals surface area (Å²) >= 11 is 1.34. The molecule has 0 bridgehead atoms. The van der Waals surface area contributed by atoms with Crippen LogP contribution in [0.1, 0.15) is 25.7 Å². The lowest BCUT2D eigenvalue weighted by Crippen LogP contribution is -2.25. The molecule has 6 heteroatoms. The number of amides is 1. The molecular weight excluding hydrogens is 224 g/mol. The molecule has 1 heterocycles. The predicted molar refractivity (Wildman–Crippen MR) is 65.4 cm³/mol. The van der Waals surface area contributed by atoms with Crippen LogP contribution in [0.3, 0.4) is 0 Å². The Bertz CT molecular complexity index is 361. The van der Waals surface area contributed by atoms with Gasteiger partial charge in [0.25, 0.3) is 0 Å². The van der Waals surface area contributed by atoms with Crippen LogP contribution >= 0.6 is 11.5 Å². The van der Waals surface area contributed by atoms with Crippen LogP contribution in [0.5, 0.6) is 0 Å². The lowest BCUT2D eigenvalue weighted by Gasteiger charge is -2.04. The molecule has 1 aromatic heterocycles. The van der Waals surface area contributed by atoms with Crippen LogP contribution in [0.4, 0.5) is 10.8 Å². The Morgan fingerprint density at radius 2 is 2.44 bits per heavy atom. The molecule has 1 aliphatic carbocycles. The van der Waals surface area contributed by atoms with Gasteiger partial charge in [0.2, 0.25) is 5.91 Å². The summed E-state index contributed by atoms with van der Waals surface area (Å²) in [5.41, 5.74) is 5.49. The van der Waals surface area contributed by atoms with Gasteiger partial charge in [-0.25, -0.2) is 0 Å². The zero-order chi connectivity index (χ0) is 11.4. The maximum Gasteiger partial charge on any atom is 0.220 e. The topological polar surface area (TPSA) is 80.0 Å². The van der Waals surface area contributed by atoms with E-state index in [0.29, 0.717) is 18.3 Å². The highest BCUT2D eigenvalue weighted by Gasteiger charge is 2.22. The van der Waals surface area contributed by atoms with Gasteiger partial charge in [-0.2, -0.15) is 4.37 Å². The minimum atomic E-state index is 0.160. The summed E-state index contributed by atoms with van der Waals surface area (Å²) in [6.45, 7) is 0.777. The monoisotopic (exact) mass is 240 g/mol. The van der Waals surface area contributed by atoms with E-state index in [2.05, 4.69) is 15.0 Å². The molecule has 1 amide bonds. The van der Waals surface area contributed by atoms with Crippen molar-refractivity contribution >= 4 is 28.3 Å². The second-order valence-electron chi connectivity index (χ2n) is 3.99. The number of anilines is 2. The predicted octanol–water partition coefficient (Wildman–Crippen LogP) is 1.20. The van der Waals surface area contributed by atoms with Gasteiger partial charge >= 0.3 is 0 Å². The van der Waals surface area contributed by atoms with Gasteiger partial charge < -0.3 is 16.4 Å². The summed E-state index contributed by atoms with van der Waals surface area (Å²) in [4.78, 5) is 11.3. The Balaban J connectivity index is 1.55. The molecule has 16 heavy (non-hydrogen) atoms. The summed E-state index contributed by atoms with van der Waals surface area (Å²) in [5, 5.41) is 7.10. The molecule has 4 N–H and O–H groups in total. The Hall–Kier alpha value is -1.30. The molecule has 0 aliphatic heterocycles. The first-order valence-electron chi connectivity index (χ1n) is 5.49. The SMILES string of the molecule is Nc1cc(NCCCC(=O)NC2CC2)sn1. The van der Waals surface area contributed by atoms with Gasteiger partial charge in [-0.15, -0.1) is 0 Å². The number of rotatable bonds is 6. The molecule has 0 aromatic carbocycles. The van der Waals surface area contributed by atoms with Crippen LogP contribution in [0.2, 0.25) is 0 Å². The van der Waals surface area contributed by atoms with Crippen molar-refractivity contribution in [3.05, 3.63) is 6.07 Å². The van der Waals surface area contributed by atoms with Crippen molar-refractivity contribution in [2.75, 3.05) is 17.6 Å². The summed E-state index contributed by atoms with van der Waals surface area (Å²) in [5.74, 6) is 0.701. The van der Waals surface area contributed by atoms with Crippen molar-refractivity contribution < 1.29 is 4.79 Å². The van der Waals surface area contributed by atoms with Gasteiger partial charge in [0, 0.05) is 25.1 Å². The van der Waals surface area contributed by atoms with Crippen LogP contribution in [0.25, 0.3) is 0 Å². The average molecular weight is 240 g/mol. The molecule has 0 unspecified atom stereocenters. The quantitative estimate of drug-likeness (QED) is 0.653. The van der Waals surface area contributed by atoms with Crippen molar-refractivity contribution in [1.82, 2.24) is 9.69 Å². The van der Waals surface area contributed by atoms with E-state index in [4.69, 9.17) is 5.73 Å². The normalized spacial score (nSPS) is 14.8. The molecule has 1 fully saturated rings. The fourth-order valence-electron chi connectivity index (χ4n) is 1.36. The lowest BCUT2D eigenvalue weighted by atomic mass is 10.3. The Labute approximate surface area is 98.6 Å². The van der Waals surface area contributed by atoms with Crippen LogP contribution < -0.4 is 16.4 Å². The number of aromatic nitrogens is 1. The van der Waals surface area contributed by atoms with E-state index >= 15 is 0 Å². The van der Waals surface area contributed by atoms with Gasteiger partial charge in [-0.05, 0) is 30.8 Å². The summed E-state index contributed by atoms with van der Waals surface area (Å²) in [6, 6.07) is 2.26. The van der Waals surface area contributed by atoms with E-state index in [0.717, 1.165) is 30.8 Å². The van der Waals surface area contributed by atoms with Crippen molar-refractivity contribution in [1.29, 1.82) is 0 Å². The number of nitrogen functional groups attached to an aromatic ring is 1. The summed E-state index contributed by atoms with van der Waals surface area (Å²) in [7, 11) is 0. The van der Waals surface area contributed by atoms with E-state index in [-0.39, 0.29) is 5.91 Å². The van der Waals surface area contributed by atoms with E-state index in [1.165, 1.54) is 11.5 Å². The second-order valence-corrected chi connectivity index (χ2v) is 4.79. The molecule has 0 saturated heterocycles. The summed E-state index contributed by atoms with van der Waals surface area (Å²) < 4.78 is 3.96. The van der Waals surface area contributed by atoms with Crippen molar-refractivity contribution in [3.63, 3.8) is 0 Å². The highest BCUT2D eigenvalue weighted by Crippen LogP contribution is 2.19. The Kier molecular flexibility index (Phi) is 3.61. The smallest absolute Gasteiger partial charge is 0.220 e. The first-order valence-corrected chi connectivity index (χ1v) is 6.27. The molecular formula is C10H16N4OS. The molecule has 0 spiro atoms. The van der Waals surface area contributed by atoms with Gasteiger partial charge in [-0.1, -0.05) is 0 Å². The third-order valence-electron chi connectivity index (χ3n) is 2.35. The standard InChI is InChI=1S/C10H16N4OS/c11-8-6-10(16-14-8)12-5-1-2-9(15)13-7-3-4-7/h6-7,12H,1-5H2,(H2,11,14)(H,13,15). The largest absolute Gasteiger partial charge is 0.383 e. The number of nitrogens with zero attached hydrogens (tertiary/aromatic N) is 1. The Morgan fingerprint density at radius 1 is 1.62 bits per heavy atom. The summed E-state index contributed by atoms with van der Waals surface area (Å²) in [6.07, 6.45) is 3.70. The third kappa shape index (κ3) is 3.69. The molecule has 0 radical (unpaired) electrons. The van der Waals surface area contributed by atoms with E-state index < -0.39 is 0 Å². The molecule has 5 nitrogen and oxygen atoms in total. The number of carbonyl (C=O) groups excluding carboxylic acids is 1. The zero-order valence-electron chi connectivity index (χ0n) is 9.03. The molecule has 2 rings (SSSR count). The van der Waals surface area contributed by atoms with Crippen LogP contribution in [0, 0.1) is 0 Å². The Morgan fingerprint density at radius 3 is 3.06 bits per heavy atom. The highest BCUT2D eigenvalue weighted by molar-refractivity contribution is 7.10. The number of carbonyl (C=O) groups is 1. The molecule has 88 valence electrons. The van der Waals surface area contributed by atoms with Crippen LogP contribution in [-0.4, -0.2) is 22.9 Å². The third-order valence-corrected chi connectivity index (χ3v) is 3.11. The molecule has 0 atom stereocenters. The average Bonchev–Trinajstić information content (AvgIpc) is 2.95. The highest BCUT2D eigenvalue weighted by atomic mass is 32.1. The molecule has 1 aliphatic rings. The molecule has 1 saturated carbocycles. The number of hydrogen-bond acceptors (Lipinski definition) is 5. The van der Waals surface area contributed by atoms with Crippen molar-refractivity contribution in [3.8, 4) is 0 Å². The van der Waals surface area contributed by atoms with Crippen molar-refractivity contribution in [2.45, 2.75) is 31.7 Å². The number of nitrogens with one attached hydrogen (secondary N) is 2. The second kappa shape index (κ2) is 5.16. The lowest BCUT2D eigenvalue weighted by molar-refractivity contribution is -0.121. The first kappa shape index (κ1) is 11.2. The maximum absolute atomic E-state index is 11.3. The van der Waals surface area contributed by atoms with Gasteiger partial charge in [0.05, 0.1) is 0 Å². The van der Waals surface area contributed by atoms with Crippen LogP contribution in [-0.2, 0) is 4.79 Å². The van der Waals surface area contributed by atoms with E-state index in [1.54, 1.807) is 6.07 Å². The zero-order valence-corrected chi connectivity index (χ0v) is 9.85. The fraction of sp³-hybridized carbons (Fsp3) is 0.600. The number of nitrogens with two attached hydrogens (primary N) is 1. The van der Waals surface area contributed by atoms with Gasteiger partial charge in [0.15, 0.2) is 0 Å². The van der Waals surface area contributed by atoms with E-state index in [9.17, 15) is 4.79 Å². The van der Waals surface area contributed by atoms with Crippen molar-refractivity contribution in [2.24, 2.45) is 0 Å². The van der Waals surface area contributed by atoms with Crippen LogP contribution in [0.15, 0.2) is 6.07 Å². The first-order chi connectivity index (χ1) is 7.74. The minimum Gasteiger partial charge on any atom is -0.383 e. The molecule has 1 aromatic rings. The maximum atomic E-state index is 11.3.